The summed E-state index contributed by atoms with van der Waals surface area (Å²) in [6.07, 6.45) is 4.77. The molecular weight excluding hydrogens is 532 g/mol. The van der Waals surface area contributed by atoms with E-state index in [1.54, 1.807) is 36.4 Å². The van der Waals surface area contributed by atoms with Crippen molar-refractivity contribution in [2.75, 3.05) is 0 Å². The number of benzene rings is 4. The van der Waals surface area contributed by atoms with Crippen LogP contribution in [0.5, 0.6) is 23.0 Å². The molecule has 4 rings (SSSR count). The zero-order valence-corrected chi connectivity index (χ0v) is 24.0. The lowest BCUT2D eigenvalue weighted by atomic mass is 9.76. The number of allylic oxidation sites excluding steroid dienone is 2. The van der Waals surface area contributed by atoms with Crippen LogP contribution < -0.4 is 9.47 Å². The summed E-state index contributed by atoms with van der Waals surface area (Å²) in [7, 11) is 0. The second-order valence-corrected chi connectivity index (χ2v) is 10.3. The van der Waals surface area contributed by atoms with Crippen molar-refractivity contribution in [2.24, 2.45) is 0 Å². The molecule has 0 N–H and O–H groups in total. The molecule has 0 heterocycles. The van der Waals surface area contributed by atoms with Crippen molar-refractivity contribution < 1.29 is 9.47 Å². The molecule has 208 valence electrons. The Morgan fingerprint density at radius 1 is 0.581 bits per heavy atom. The van der Waals surface area contributed by atoms with Crippen molar-refractivity contribution in [1.82, 2.24) is 0 Å². The number of hydrogen-bond donors (Lipinski definition) is 0. The Kier molecular flexibility index (Phi) is 9.08. The number of nitrogens with zero attached hydrogens (tertiary/aromatic N) is 4. The van der Waals surface area contributed by atoms with E-state index in [0.717, 1.165) is 22.3 Å². The van der Waals surface area contributed by atoms with Crippen LogP contribution in [0.1, 0.15) is 58.4 Å². The van der Waals surface area contributed by atoms with E-state index in [1.165, 1.54) is 0 Å². The van der Waals surface area contributed by atoms with E-state index in [-0.39, 0.29) is 11.1 Å². The predicted octanol–water partition coefficient (Wildman–Crippen LogP) is 8.54. The Balaban J connectivity index is 1.67. The quantitative estimate of drug-likeness (QED) is 0.180. The van der Waals surface area contributed by atoms with Crippen LogP contribution in [0.2, 0.25) is 0 Å². The Morgan fingerprint density at radius 2 is 0.977 bits per heavy atom. The van der Waals surface area contributed by atoms with Crippen LogP contribution in [-0.2, 0) is 18.3 Å². The molecule has 0 spiro atoms. The van der Waals surface area contributed by atoms with Crippen LogP contribution in [0, 0.1) is 45.3 Å². The summed E-state index contributed by atoms with van der Waals surface area (Å²) in [4.78, 5) is 0. The monoisotopic (exact) mass is 560 g/mol. The smallest absolute Gasteiger partial charge is 0.130 e. The van der Waals surface area contributed by atoms with E-state index < -0.39 is 5.41 Å². The maximum Gasteiger partial charge on any atom is 0.130 e. The Bertz CT molecular complexity index is 1760. The molecule has 0 saturated heterocycles. The number of rotatable bonds is 10. The van der Waals surface area contributed by atoms with Gasteiger partial charge in [0.1, 0.15) is 47.3 Å². The summed E-state index contributed by atoms with van der Waals surface area (Å²) in [5, 5.41) is 37.2. The normalized spacial score (nSPS) is 10.4. The summed E-state index contributed by atoms with van der Waals surface area (Å²) in [5.41, 5.74) is 4.73. The third-order valence-corrected chi connectivity index (χ3v) is 7.21. The van der Waals surface area contributed by atoms with Crippen molar-refractivity contribution in [2.45, 2.75) is 32.1 Å². The van der Waals surface area contributed by atoms with Gasteiger partial charge in [0.25, 0.3) is 0 Å². The molecule has 0 aromatic heterocycles. The molecule has 0 aliphatic carbocycles. The lowest BCUT2D eigenvalue weighted by molar-refractivity contribution is 0.475. The fourth-order valence-electron chi connectivity index (χ4n) is 4.74. The highest BCUT2D eigenvalue weighted by atomic mass is 16.5. The molecule has 4 aromatic rings. The molecule has 4 aromatic carbocycles. The van der Waals surface area contributed by atoms with Crippen LogP contribution in [0.3, 0.4) is 0 Å². The summed E-state index contributed by atoms with van der Waals surface area (Å²) in [6, 6.07) is 29.9. The minimum atomic E-state index is -0.395. The van der Waals surface area contributed by atoms with Gasteiger partial charge in [0.2, 0.25) is 0 Å². The van der Waals surface area contributed by atoms with Crippen LogP contribution in [0.25, 0.3) is 0 Å². The molecule has 6 heteroatoms. The van der Waals surface area contributed by atoms with E-state index in [2.05, 4.69) is 39.1 Å². The molecule has 0 radical (unpaired) electrons. The standard InChI is InChI=1S/C37H28N4O2/c1-5-7-25-17-31(11-15-35(25)42-33-13-9-27(21-38)29(19-33)23-40)37(3,4)32-12-16-36(26(18-32)8-6-2)43-34-14-10-28(22-39)30(20-34)24-41/h5-6,9-20H,1-2,7-8H2,3-4H3. The SMILES string of the molecule is C=CCc1cc(C(C)(C)c2ccc(Oc3ccc(C#N)c(C#N)c3)c(CC=C)c2)ccc1Oc1ccc(C#N)c(C#N)c1. The Morgan fingerprint density at radius 3 is 1.33 bits per heavy atom. The lowest BCUT2D eigenvalue weighted by Crippen LogP contribution is -2.19. The molecule has 0 aliphatic heterocycles. The minimum absolute atomic E-state index is 0.260. The first kappa shape index (κ1) is 29.9. The second-order valence-electron chi connectivity index (χ2n) is 10.3. The van der Waals surface area contributed by atoms with Crippen LogP contribution in [0.4, 0.5) is 0 Å². The third-order valence-electron chi connectivity index (χ3n) is 7.21. The van der Waals surface area contributed by atoms with Crippen molar-refractivity contribution >= 4 is 0 Å². The van der Waals surface area contributed by atoms with Gasteiger partial charge in [-0.05, 0) is 83.6 Å². The van der Waals surface area contributed by atoms with Gasteiger partial charge in [-0.15, -0.1) is 13.2 Å². The number of nitriles is 4. The largest absolute Gasteiger partial charge is 0.457 e. The first-order chi connectivity index (χ1) is 20.8. The molecule has 0 saturated carbocycles. The molecule has 0 fully saturated rings. The average molecular weight is 561 g/mol. The van der Waals surface area contributed by atoms with Gasteiger partial charge in [0, 0.05) is 5.41 Å². The highest BCUT2D eigenvalue weighted by Crippen LogP contribution is 2.38. The second kappa shape index (κ2) is 13.1. The molecule has 0 bridgehead atoms. The van der Waals surface area contributed by atoms with Gasteiger partial charge in [-0.25, -0.2) is 0 Å². The summed E-state index contributed by atoms with van der Waals surface area (Å²) in [5.74, 6) is 2.23. The van der Waals surface area contributed by atoms with Gasteiger partial charge >= 0.3 is 0 Å². The minimum Gasteiger partial charge on any atom is -0.457 e. The summed E-state index contributed by atoms with van der Waals surface area (Å²) >= 11 is 0. The number of ether oxygens (including phenoxy) is 2. The molecule has 0 aliphatic rings. The molecule has 0 atom stereocenters. The maximum absolute atomic E-state index is 9.39. The van der Waals surface area contributed by atoms with Gasteiger partial charge in [-0.3, -0.25) is 0 Å². The lowest BCUT2D eigenvalue weighted by Gasteiger charge is -2.28. The van der Waals surface area contributed by atoms with E-state index in [4.69, 9.17) is 9.47 Å². The van der Waals surface area contributed by atoms with Crippen molar-refractivity contribution in [3.05, 3.63) is 143 Å². The molecule has 0 amide bonds. The van der Waals surface area contributed by atoms with Crippen LogP contribution in [-0.4, -0.2) is 0 Å². The van der Waals surface area contributed by atoms with E-state index in [9.17, 15) is 21.0 Å². The zero-order chi connectivity index (χ0) is 31.0. The van der Waals surface area contributed by atoms with Crippen molar-refractivity contribution in [1.29, 1.82) is 21.0 Å². The third kappa shape index (κ3) is 6.47. The van der Waals surface area contributed by atoms with Crippen LogP contribution >= 0.6 is 0 Å². The van der Waals surface area contributed by atoms with Gasteiger partial charge in [0.15, 0.2) is 0 Å². The van der Waals surface area contributed by atoms with Gasteiger partial charge in [-0.1, -0.05) is 50.3 Å². The van der Waals surface area contributed by atoms with E-state index in [0.29, 0.717) is 47.0 Å². The Labute approximate surface area is 252 Å². The van der Waals surface area contributed by atoms with E-state index in [1.807, 2.05) is 60.7 Å². The fraction of sp³-hybridized carbons (Fsp3) is 0.135. The molecule has 6 nitrogen and oxygen atoms in total. The van der Waals surface area contributed by atoms with Gasteiger partial charge < -0.3 is 9.47 Å². The first-order valence-corrected chi connectivity index (χ1v) is 13.5. The molecular formula is C37H28N4O2. The Hall–Kier alpha value is -6.08. The van der Waals surface area contributed by atoms with Crippen LogP contribution in [0.15, 0.2) is 98.1 Å². The first-order valence-electron chi connectivity index (χ1n) is 13.5. The van der Waals surface area contributed by atoms with Gasteiger partial charge in [-0.2, -0.15) is 21.0 Å². The number of hydrogen-bond acceptors (Lipinski definition) is 6. The van der Waals surface area contributed by atoms with Crippen molar-refractivity contribution in [3.63, 3.8) is 0 Å². The van der Waals surface area contributed by atoms with E-state index >= 15 is 0 Å². The zero-order valence-electron chi connectivity index (χ0n) is 24.0. The topological polar surface area (TPSA) is 114 Å². The highest BCUT2D eigenvalue weighted by Gasteiger charge is 2.25. The molecule has 0 unspecified atom stereocenters. The fourth-order valence-corrected chi connectivity index (χ4v) is 4.74. The van der Waals surface area contributed by atoms with Gasteiger partial charge in [0.05, 0.1) is 22.3 Å². The maximum atomic E-state index is 9.39. The molecule has 43 heavy (non-hydrogen) atoms. The van der Waals surface area contributed by atoms with Crippen molar-refractivity contribution in [3.8, 4) is 47.3 Å². The predicted molar refractivity (Wildman–Crippen MR) is 165 cm³/mol. The summed E-state index contributed by atoms with van der Waals surface area (Å²) < 4.78 is 12.3. The average Bonchev–Trinajstić information content (AvgIpc) is 3.02. The summed E-state index contributed by atoms with van der Waals surface area (Å²) in [6.45, 7) is 12.1. The highest BCUT2D eigenvalue weighted by molar-refractivity contribution is 5.54.